The lowest BCUT2D eigenvalue weighted by Crippen LogP contribution is -2.66. The van der Waals surface area contributed by atoms with Crippen molar-refractivity contribution in [1.82, 2.24) is 0 Å². The normalized spacial score (nSPS) is 45.0. The quantitative estimate of drug-likeness (QED) is 0.181. The number of carbonyl (C=O) groups is 1. The summed E-state index contributed by atoms with van der Waals surface area (Å²) in [7, 11) is -4.94. The smallest absolute Gasteiger partial charge is 0.397 e. The fraction of sp³-hybridized carbons (Fsp3) is 0.917. The van der Waals surface area contributed by atoms with Crippen LogP contribution in [0.3, 0.4) is 0 Å². The van der Waals surface area contributed by atoms with Crippen LogP contribution < -0.4 is 5.73 Å². The van der Waals surface area contributed by atoms with Gasteiger partial charge in [0, 0.05) is 0 Å². The van der Waals surface area contributed by atoms with Gasteiger partial charge in [0.15, 0.2) is 18.7 Å². The van der Waals surface area contributed by atoms with Gasteiger partial charge in [-0.3, -0.25) is 4.55 Å². The van der Waals surface area contributed by atoms with E-state index in [0.29, 0.717) is 0 Å². The van der Waals surface area contributed by atoms with E-state index < -0.39 is 84.3 Å². The van der Waals surface area contributed by atoms with Gasteiger partial charge in [0.2, 0.25) is 0 Å². The first-order valence-electron chi connectivity index (χ1n) is 7.80. The van der Waals surface area contributed by atoms with Gasteiger partial charge < -0.3 is 50.6 Å². The minimum Gasteiger partial charge on any atom is -0.479 e. The molecule has 0 spiro atoms. The molecule has 9 N–H and O–H groups in total. The molecule has 0 aromatic rings. The summed E-state index contributed by atoms with van der Waals surface area (Å²) in [4.78, 5) is 11.1. The lowest BCUT2D eigenvalue weighted by molar-refractivity contribution is -0.338. The van der Waals surface area contributed by atoms with E-state index in [4.69, 9.17) is 29.6 Å². The number of aliphatic carboxylic acids is 1. The number of hydrogen-bond acceptors (Lipinski definition) is 13. The molecule has 0 bridgehead atoms. The number of carboxylic acid groups (broad SMARTS) is 1. The topological polar surface area (TPSA) is 256 Å². The number of rotatable bonds is 6. The third-order valence-electron chi connectivity index (χ3n) is 4.23. The Balaban J connectivity index is 2.21. The molecule has 164 valence electrons. The SMILES string of the molecule is N[C@@H]1[C@@H](O)[C@H](O[C@@H]2O[C@@H](C(=O)O)[C@@H](O)[C@H](O)[C@H]2O)[C@@H](COS(=O)(=O)O)O[C@@H]1O. The summed E-state index contributed by atoms with van der Waals surface area (Å²) in [5.74, 6) is -1.69. The molecule has 0 aliphatic carbocycles. The second-order valence-electron chi connectivity index (χ2n) is 6.18. The van der Waals surface area contributed by atoms with Crippen molar-refractivity contribution in [3.63, 3.8) is 0 Å². The van der Waals surface area contributed by atoms with Gasteiger partial charge in [-0.1, -0.05) is 0 Å². The maximum absolute atomic E-state index is 11.1. The molecule has 10 atom stereocenters. The van der Waals surface area contributed by atoms with E-state index in [2.05, 4.69) is 4.18 Å². The fourth-order valence-corrected chi connectivity index (χ4v) is 3.04. The molecule has 0 unspecified atom stereocenters. The predicted molar refractivity (Wildman–Crippen MR) is 81.6 cm³/mol. The zero-order chi connectivity index (χ0) is 21.4. The molecular formula is C12H21NO14S. The molecule has 28 heavy (non-hydrogen) atoms. The maximum atomic E-state index is 11.1. The van der Waals surface area contributed by atoms with Crippen LogP contribution >= 0.6 is 0 Å². The zero-order valence-electron chi connectivity index (χ0n) is 14.0. The fourth-order valence-electron chi connectivity index (χ4n) is 2.73. The lowest BCUT2D eigenvalue weighted by Gasteiger charge is -2.45. The number of aliphatic hydroxyl groups excluding tert-OH is 5. The van der Waals surface area contributed by atoms with Gasteiger partial charge in [-0.05, 0) is 0 Å². The Bertz CT molecular complexity index is 659. The number of carboxylic acids is 1. The van der Waals surface area contributed by atoms with Gasteiger partial charge >= 0.3 is 16.4 Å². The summed E-state index contributed by atoms with van der Waals surface area (Å²) < 4.78 is 49.3. The van der Waals surface area contributed by atoms with Gasteiger partial charge in [-0.15, -0.1) is 0 Å². The number of nitrogens with two attached hydrogens (primary N) is 1. The Labute approximate surface area is 157 Å². The zero-order valence-corrected chi connectivity index (χ0v) is 14.8. The molecule has 0 amide bonds. The lowest BCUT2D eigenvalue weighted by atomic mass is 9.96. The van der Waals surface area contributed by atoms with Crippen molar-refractivity contribution in [2.24, 2.45) is 5.73 Å². The summed E-state index contributed by atoms with van der Waals surface area (Å²) in [5.41, 5.74) is 5.52. The molecule has 0 aromatic heterocycles. The van der Waals surface area contributed by atoms with Crippen LogP contribution in [0.2, 0.25) is 0 Å². The molecule has 2 rings (SSSR count). The van der Waals surface area contributed by atoms with Crippen molar-refractivity contribution >= 4 is 16.4 Å². The molecule has 2 saturated heterocycles. The highest BCUT2D eigenvalue weighted by molar-refractivity contribution is 7.80. The summed E-state index contributed by atoms with van der Waals surface area (Å²) in [5, 5.41) is 58.3. The number of ether oxygens (including phenoxy) is 3. The number of hydrogen-bond donors (Lipinski definition) is 8. The highest BCUT2D eigenvalue weighted by Crippen LogP contribution is 2.28. The minimum atomic E-state index is -4.94. The third kappa shape index (κ3) is 5.12. The highest BCUT2D eigenvalue weighted by atomic mass is 32.3. The molecule has 15 nitrogen and oxygen atoms in total. The number of aliphatic hydroxyl groups is 5. The molecule has 2 aliphatic heterocycles. The first-order valence-corrected chi connectivity index (χ1v) is 9.17. The Morgan fingerprint density at radius 3 is 2.14 bits per heavy atom. The minimum absolute atomic E-state index is 0.972. The van der Waals surface area contributed by atoms with Crippen molar-refractivity contribution in [3.8, 4) is 0 Å². The van der Waals surface area contributed by atoms with Crippen molar-refractivity contribution in [3.05, 3.63) is 0 Å². The van der Waals surface area contributed by atoms with Crippen LogP contribution in [-0.2, 0) is 33.6 Å². The first-order chi connectivity index (χ1) is 12.8. The van der Waals surface area contributed by atoms with E-state index >= 15 is 0 Å². The van der Waals surface area contributed by atoms with E-state index in [0.717, 1.165) is 0 Å². The van der Waals surface area contributed by atoms with Crippen LogP contribution in [0.15, 0.2) is 0 Å². The average Bonchev–Trinajstić information content (AvgIpc) is 2.59. The van der Waals surface area contributed by atoms with Gasteiger partial charge in [0.05, 0.1) is 12.6 Å². The Hall–Kier alpha value is -1.02. The molecule has 0 aromatic carbocycles. The van der Waals surface area contributed by atoms with Gasteiger partial charge in [-0.2, -0.15) is 8.42 Å². The Morgan fingerprint density at radius 1 is 1.00 bits per heavy atom. The summed E-state index contributed by atoms with van der Waals surface area (Å²) >= 11 is 0. The van der Waals surface area contributed by atoms with Crippen molar-refractivity contribution in [2.75, 3.05) is 6.61 Å². The molecular weight excluding hydrogens is 414 g/mol. The van der Waals surface area contributed by atoms with E-state index in [-0.39, 0.29) is 0 Å². The van der Waals surface area contributed by atoms with E-state index in [1.165, 1.54) is 0 Å². The summed E-state index contributed by atoms with van der Waals surface area (Å²) in [6.45, 7) is -0.972. The highest BCUT2D eigenvalue weighted by Gasteiger charge is 2.51. The standard InChI is InChI=1S/C12H21NO14S/c13-3-4(14)8(2(25-11(3)20)1-24-28(21,22)23)26-12-7(17)5(15)6(16)9(27-12)10(18)19/h2-9,11-12,14-17,20H,1,13H2,(H,18,19)(H,21,22,23)/t2-,3-,4-,5+,6+,7-,8-,9-,11+,12-/m1/s1. The van der Waals surface area contributed by atoms with E-state index in [1.54, 1.807) is 0 Å². The molecule has 2 heterocycles. The van der Waals surface area contributed by atoms with E-state index in [1.807, 2.05) is 0 Å². The van der Waals surface area contributed by atoms with Crippen molar-refractivity contribution in [2.45, 2.75) is 61.3 Å². The van der Waals surface area contributed by atoms with Crippen LogP contribution in [0.4, 0.5) is 0 Å². The largest absolute Gasteiger partial charge is 0.479 e. The monoisotopic (exact) mass is 435 g/mol. The van der Waals surface area contributed by atoms with Crippen LogP contribution in [0, 0.1) is 0 Å². The maximum Gasteiger partial charge on any atom is 0.397 e. The van der Waals surface area contributed by atoms with Gasteiger partial charge in [-0.25, -0.2) is 8.98 Å². The predicted octanol–water partition coefficient (Wildman–Crippen LogP) is -5.51. The second kappa shape index (κ2) is 8.78. The van der Waals surface area contributed by atoms with Crippen LogP contribution in [-0.4, -0.2) is 118 Å². The molecule has 16 heteroatoms. The van der Waals surface area contributed by atoms with Crippen LogP contribution in [0.25, 0.3) is 0 Å². The van der Waals surface area contributed by atoms with Gasteiger partial charge in [0.1, 0.15) is 36.6 Å². The van der Waals surface area contributed by atoms with Crippen LogP contribution in [0.5, 0.6) is 0 Å². The van der Waals surface area contributed by atoms with Crippen molar-refractivity contribution < 1.29 is 66.8 Å². The second-order valence-corrected chi connectivity index (χ2v) is 7.27. The average molecular weight is 435 g/mol. The molecule has 0 radical (unpaired) electrons. The first kappa shape index (κ1) is 23.3. The Morgan fingerprint density at radius 2 is 1.61 bits per heavy atom. The summed E-state index contributed by atoms with van der Waals surface area (Å²) in [6, 6.07) is -1.47. The summed E-state index contributed by atoms with van der Waals surface area (Å²) in [6.07, 6.45) is -16.7. The Kier molecular flexibility index (Phi) is 7.29. The molecule has 0 saturated carbocycles. The van der Waals surface area contributed by atoms with Crippen molar-refractivity contribution in [1.29, 1.82) is 0 Å². The van der Waals surface area contributed by atoms with E-state index in [9.17, 15) is 38.7 Å². The van der Waals surface area contributed by atoms with Crippen LogP contribution in [0.1, 0.15) is 0 Å². The third-order valence-corrected chi connectivity index (χ3v) is 4.66. The van der Waals surface area contributed by atoms with Gasteiger partial charge in [0.25, 0.3) is 0 Å². The molecule has 2 aliphatic rings. The molecule has 2 fully saturated rings.